The quantitative estimate of drug-likeness (QED) is 0.772. The number of halogens is 3. The van der Waals surface area contributed by atoms with Crippen molar-refractivity contribution in [3.63, 3.8) is 0 Å². The summed E-state index contributed by atoms with van der Waals surface area (Å²) in [4.78, 5) is 0. The fourth-order valence-corrected chi connectivity index (χ4v) is 2.60. The van der Waals surface area contributed by atoms with Crippen LogP contribution in [-0.4, -0.2) is 27.0 Å². The minimum absolute atomic E-state index is 0.113. The van der Waals surface area contributed by atoms with E-state index in [2.05, 4.69) is 25.1 Å². The number of rotatable bonds is 3. The Hall–Kier alpha value is -2.15. The van der Waals surface area contributed by atoms with Gasteiger partial charge in [-0.1, -0.05) is 11.6 Å². The van der Waals surface area contributed by atoms with E-state index in [-0.39, 0.29) is 5.88 Å². The normalized spacial score (nSPS) is 11.5. The maximum Gasteiger partial charge on any atom is 0.388 e. The van der Waals surface area contributed by atoms with Crippen molar-refractivity contribution in [1.29, 1.82) is 0 Å². The summed E-state index contributed by atoms with van der Waals surface area (Å²) < 4.78 is 28.9. The smallest absolute Gasteiger partial charge is 0.388 e. The van der Waals surface area contributed by atoms with Crippen LogP contribution in [0.4, 0.5) is 8.78 Å². The molecule has 0 saturated heterocycles. The Balaban J connectivity index is 2.10. The number of benzene rings is 1. The van der Waals surface area contributed by atoms with E-state index in [1.54, 1.807) is 13.0 Å². The number of fused-ring (bicyclic) bond motifs is 1. The Morgan fingerprint density at radius 2 is 1.95 bits per heavy atom. The molecule has 3 rings (SSSR count). The Labute approximate surface area is 123 Å². The zero-order valence-electron chi connectivity index (χ0n) is 11.2. The second kappa shape index (κ2) is 5.00. The van der Waals surface area contributed by atoms with E-state index in [1.807, 2.05) is 13.0 Å². The van der Waals surface area contributed by atoms with Gasteiger partial charge in [0.15, 0.2) is 0 Å². The zero-order valence-corrected chi connectivity index (χ0v) is 11.9. The molecule has 8 heteroatoms. The molecule has 2 N–H and O–H groups in total. The molecule has 0 aliphatic rings. The van der Waals surface area contributed by atoms with E-state index in [0.717, 1.165) is 16.5 Å². The first kappa shape index (κ1) is 13.8. The number of ether oxygens (including phenoxy) is 1. The number of H-pyrrole nitrogens is 2. The van der Waals surface area contributed by atoms with Crippen molar-refractivity contribution in [3.05, 3.63) is 28.4 Å². The van der Waals surface area contributed by atoms with Crippen LogP contribution in [0, 0.1) is 13.8 Å². The molecule has 2 aromatic heterocycles. The first-order chi connectivity index (χ1) is 9.97. The van der Waals surface area contributed by atoms with Crippen molar-refractivity contribution in [2.24, 2.45) is 0 Å². The van der Waals surface area contributed by atoms with Gasteiger partial charge in [0.1, 0.15) is 5.15 Å². The molecule has 0 radical (unpaired) electrons. The molecular weight excluding hydrogens is 302 g/mol. The predicted molar refractivity (Wildman–Crippen MR) is 74.8 cm³/mol. The molecule has 21 heavy (non-hydrogen) atoms. The molecule has 0 atom stereocenters. The van der Waals surface area contributed by atoms with Crippen LogP contribution in [0.1, 0.15) is 11.1 Å². The monoisotopic (exact) mass is 312 g/mol. The van der Waals surface area contributed by atoms with E-state index in [0.29, 0.717) is 21.9 Å². The highest BCUT2D eigenvalue weighted by Crippen LogP contribution is 2.33. The standard InChI is InChI=1S/C13H11ClF2N4O/c1-5-3-7(4-8-9(5)11(14)19-17-8)10-6(2)12(20-18-10)21-13(15)16/h3-4,13H,1-2H3,(H,17,19)(H,18,20). The number of aromatic amines is 2. The summed E-state index contributed by atoms with van der Waals surface area (Å²) in [6.45, 7) is 0.651. The lowest BCUT2D eigenvalue weighted by Crippen LogP contribution is -2.03. The van der Waals surface area contributed by atoms with Gasteiger partial charge >= 0.3 is 6.61 Å². The van der Waals surface area contributed by atoms with E-state index in [9.17, 15) is 8.78 Å². The summed E-state index contributed by atoms with van der Waals surface area (Å²) in [7, 11) is 0. The average Bonchev–Trinajstić information content (AvgIpc) is 2.94. The van der Waals surface area contributed by atoms with Gasteiger partial charge in [-0.2, -0.15) is 13.9 Å². The number of hydrogen-bond acceptors (Lipinski definition) is 3. The molecule has 0 bridgehead atoms. The molecule has 0 spiro atoms. The first-order valence-electron chi connectivity index (χ1n) is 6.11. The minimum atomic E-state index is -2.91. The maximum absolute atomic E-state index is 12.3. The van der Waals surface area contributed by atoms with Crippen LogP contribution < -0.4 is 4.74 Å². The Morgan fingerprint density at radius 1 is 1.19 bits per heavy atom. The van der Waals surface area contributed by atoms with Crippen LogP contribution >= 0.6 is 11.6 Å². The number of alkyl halides is 2. The van der Waals surface area contributed by atoms with Crippen LogP contribution in [0.3, 0.4) is 0 Å². The SMILES string of the molecule is Cc1c(OC(F)F)n[nH]c1-c1cc(C)c2c(Cl)[nH]nc2c1. The second-order valence-corrected chi connectivity index (χ2v) is 5.01. The maximum atomic E-state index is 12.3. The molecule has 0 saturated carbocycles. The van der Waals surface area contributed by atoms with Crippen molar-refractivity contribution >= 4 is 22.5 Å². The Bertz CT molecular complexity index is 812. The molecule has 5 nitrogen and oxygen atoms in total. The molecule has 110 valence electrons. The van der Waals surface area contributed by atoms with E-state index >= 15 is 0 Å². The van der Waals surface area contributed by atoms with Gasteiger partial charge in [-0.15, -0.1) is 5.10 Å². The van der Waals surface area contributed by atoms with Crippen molar-refractivity contribution in [1.82, 2.24) is 20.4 Å². The number of aryl methyl sites for hydroxylation is 1. The molecule has 2 heterocycles. The molecule has 0 aliphatic carbocycles. The predicted octanol–water partition coefficient (Wildman–Crippen LogP) is 3.82. The van der Waals surface area contributed by atoms with Gasteiger partial charge in [-0.25, -0.2) is 0 Å². The number of nitrogens with one attached hydrogen (secondary N) is 2. The highest BCUT2D eigenvalue weighted by molar-refractivity contribution is 6.34. The molecule has 0 aliphatic heterocycles. The largest absolute Gasteiger partial charge is 0.415 e. The van der Waals surface area contributed by atoms with Gasteiger partial charge in [-0.05, 0) is 31.5 Å². The fraction of sp³-hybridized carbons (Fsp3) is 0.231. The zero-order chi connectivity index (χ0) is 15.1. The summed E-state index contributed by atoms with van der Waals surface area (Å²) in [5, 5.41) is 14.6. The van der Waals surface area contributed by atoms with Crippen LogP contribution in [-0.2, 0) is 0 Å². The van der Waals surface area contributed by atoms with Gasteiger partial charge in [-0.3, -0.25) is 10.2 Å². The van der Waals surface area contributed by atoms with Crippen molar-refractivity contribution in [3.8, 4) is 17.1 Å². The number of aromatic nitrogens is 4. The number of nitrogens with zero attached hydrogens (tertiary/aromatic N) is 2. The third-order valence-corrected chi connectivity index (χ3v) is 3.54. The fourth-order valence-electron chi connectivity index (χ4n) is 2.31. The van der Waals surface area contributed by atoms with Gasteiger partial charge in [0, 0.05) is 16.5 Å². The van der Waals surface area contributed by atoms with E-state index in [4.69, 9.17) is 11.6 Å². The van der Waals surface area contributed by atoms with Crippen molar-refractivity contribution in [2.45, 2.75) is 20.5 Å². The summed E-state index contributed by atoms with van der Waals surface area (Å²) in [5.41, 5.74) is 3.51. The Kier molecular flexibility index (Phi) is 3.29. The van der Waals surface area contributed by atoms with Crippen LogP contribution in [0.15, 0.2) is 12.1 Å². The van der Waals surface area contributed by atoms with Crippen molar-refractivity contribution in [2.75, 3.05) is 0 Å². The Morgan fingerprint density at radius 3 is 2.67 bits per heavy atom. The van der Waals surface area contributed by atoms with E-state index in [1.165, 1.54) is 0 Å². The van der Waals surface area contributed by atoms with E-state index < -0.39 is 6.61 Å². The molecule has 1 aromatic carbocycles. The van der Waals surface area contributed by atoms with Gasteiger partial charge in [0.2, 0.25) is 5.88 Å². The van der Waals surface area contributed by atoms with Gasteiger partial charge < -0.3 is 4.74 Å². The second-order valence-electron chi connectivity index (χ2n) is 4.63. The molecule has 0 unspecified atom stereocenters. The summed E-state index contributed by atoms with van der Waals surface area (Å²) >= 11 is 6.03. The van der Waals surface area contributed by atoms with Gasteiger partial charge in [0.05, 0.1) is 11.2 Å². The number of hydrogen-bond donors (Lipinski definition) is 2. The third-order valence-electron chi connectivity index (χ3n) is 3.26. The first-order valence-corrected chi connectivity index (χ1v) is 6.49. The summed E-state index contributed by atoms with van der Waals surface area (Å²) in [6.07, 6.45) is 0. The lowest BCUT2D eigenvalue weighted by atomic mass is 10.0. The molecular formula is C13H11ClF2N4O. The highest BCUT2D eigenvalue weighted by Gasteiger charge is 2.17. The lowest BCUT2D eigenvalue weighted by Gasteiger charge is -2.04. The third kappa shape index (κ3) is 2.33. The lowest BCUT2D eigenvalue weighted by molar-refractivity contribution is -0.0533. The van der Waals surface area contributed by atoms with Crippen LogP contribution in [0.25, 0.3) is 22.2 Å². The van der Waals surface area contributed by atoms with Gasteiger partial charge in [0.25, 0.3) is 0 Å². The summed E-state index contributed by atoms with van der Waals surface area (Å²) in [5.74, 6) is -0.113. The molecule has 3 aromatic rings. The van der Waals surface area contributed by atoms with Crippen LogP contribution in [0.5, 0.6) is 5.88 Å². The topological polar surface area (TPSA) is 66.6 Å². The van der Waals surface area contributed by atoms with Crippen molar-refractivity contribution < 1.29 is 13.5 Å². The average molecular weight is 313 g/mol. The minimum Gasteiger partial charge on any atom is -0.415 e. The molecule has 0 amide bonds. The highest BCUT2D eigenvalue weighted by atomic mass is 35.5. The van der Waals surface area contributed by atoms with Crippen LogP contribution in [0.2, 0.25) is 5.15 Å². The summed E-state index contributed by atoms with van der Waals surface area (Å²) in [6, 6.07) is 3.69. The molecule has 0 fully saturated rings.